The first-order valence-electron chi connectivity index (χ1n) is 9.82. The maximum absolute atomic E-state index is 12.6. The predicted octanol–water partition coefficient (Wildman–Crippen LogP) is 3.48. The lowest BCUT2D eigenvalue weighted by Crippen LogP contribution is -2.46. The number of hydrogen-bond donors (Lipinski definition) is 1. The highest BCUT2D eigenvalue weighted by atomic mass is 35.5. The molecule has 1 saturated heterocycles. The maximum Gasteiger partial charge on any atom is 0.224 e. The van der Waals surface area contributed by atoms with Crippen LogP contribution in [-0.4, -0.2) is 53.4 Å². The van der Waals surface area contributed by atoms with Crippen LogP contribution in [0.2, 0.25) is 0 Å². The molecular formula is C22H32Cl2N4O. The van der Waals surface area contributed by atoms with Crippen molar-refractivity contribution in [2.24, 2.45) is 5.73 Å². The molecule has 2 heterocycles. The van der Waals surface area contributed by atoms with Crippen LogP contribution in [0.4, 0.5) is 0 Å². The number of nitrogens with two attached hydrogens (primary N) is 1. The summed E-state index contributed by atoms with van der Waals surface area (Å²) in [6.07, 6.45) is 5.23. The first kappa shape index (κ1) is 25.4. The zero-order chi connectivity index (χ0) is 19.1. The van der Waals surface area contributed by atoms with E-state index in [1.54, 1.807) is 0 Å². The second-order valence-electron chi connectivity index (χ2n) is 7.37. The fourth-order valence-corrected chi connectivity index (χ4v) is 3.70. The molecule has 0 radical (unpaired) electrons. The van der Waals surface area contributed by atoms with Crippen LogP contribution in [0, 0.1) is 0 Å². The molecule has 1 aliphatic rings. The summed E-state index contributed by atoms with van der Waals surface area (Å²) < 4.78 is 0. The molecule has 29 heavy (non-hydrogen) atoms. The van der Waals surface area contributed by atoms with Gasteiger partial charge in [0, 0.05) is 63.5 Å². The van der Waals surface area contributed by atoms with E-state index >= 15 is 0 Å². The molecule has 0 aliphatic carbocycles. The molecule has 1 fully saturated rings. The number of likely N-dealkylation sites (tertiary alicyclic amines) is 1. The number of carbonyl (C=O) groups is 1. The quantitative estimate of drug-likeness (QED) is 0.718. The monoisotopic (exact) mass is 438 g/mol. The second-order valence-corrected chi connectivity index (χ2v) is 7.37. The summed E-state index contributed by atoms with van der Waals surface area (Å²) in [5.74, 6) is 0.137. The highest BCUT2D eigenvalue weighted by Crippen LogP contribution is 2.19. The zero-order valence-electron chi connectivity index (χ0n) is 16.9. The lowest BCUT2D eigenvalue weighted by molar-refractivity contribution is -0.133. The van der Waals surface area contributed by atoms with Gasteiger partial charge in [-0.2, -0.15) is 0 Å². The molecule has 1 aliphatic heterocycles. The topological polar surface area (TPSA) is 62.5 Å². The molecule has 0 spiro atoms. The van der Waals surface area contributed by atoms with Crippen molar-refractivity contribution in [2.75, 3.05) is 26.7 Å². The first-order chi connectivity index (χ1) is 13.1. The molecule has 1 unspecified atom stereocenters. The minimum Gasteiger partial charge on any atom is -0.343 e. The Morgan fingerprint density at radius 2 is 1.79 bits per heavy atom. The van der Waals surface area contributed by atoms with Gasteiger partial charge < -0.3 is 15.5 Å². The van der Waals surface area contributed by atoms with Gasteiger partial charge in [0.15, 0.2) is 0 Å². The van der Waals surface area contributed by atoms with Crippen molar-refractivity contribution in [1.29, 1.82) is 0 Å². The van der Waals surface area contributed by atoms with E-state index in [1.807, 2.05) is 60.6 Å². The molecule has 1 amide bonds. The Balaban J connectivity index is 0.00000210. The molecule has 5 nitrogen and oxygen atoms in total. The third-order valence-corrected chi connectivity index (χ3v) is 5.53. The minimum absolute atomic E-state index is 0. The van der Waals surface area contributed by atoms with E-state index in [-0.39, 0.29) is 36.8 Å². The molecule has 0 saturated carbocycles. The number of hydrogen-bond acceptors (Lipinski definition) is 4. The molecule has 7 heteroatoms. The van der Waals surface area contributed by atoms with Gasteiger partial charge in [0.1, 0.15) is 0 Å². The van der Waals surface area contributed by atoms with Crippen molar-refractivity contribution in [3.05, 3.63) is 66.0 Å². The summed E-state index contributed by atoms with van der Waals surface area (Å²) in [6.45, 7) is 3.08. The van der Waals surface area contributed by atoms with Crippen molar-refractivity contribution >= 4 is 30.7 Å². The molecule has 1 atom stereocenters. The number of carbonyl (C=O) groups excluding carboxylic acids is 1. The van der Waals surface area contributed by atoms with Crippen molar-refractivity contribution in [2.45, 2.75) is 37.8 Å². The SMILES string of the molecule is CN(C(=O)CC(N)c1ccccc1)C1CCN(CCc2ccccn2)CC1.Cl.Cl. The third-order valence-electron chi connectivity index (χ3n) is 5.53. The molecule has 0 bridgehead atoms. The number of amides is 1. The normalized spacial score (nSPS) is 15.7. The van der Waals surface area contributed by atoms with Crippen LogP contribution in [0.5, 0.6) is 0 Å². The van der Waals surface area contributed by atoms with Gasteiger partial charge in [-0.25, -0.2) is 0 Å². The van der Waals surface area contributed by atoms with Gasteiger partial charge in [-0.1, -0.05) is 36.4 Å². The van der Waals surface area contributed by atoms with Crippen LogP contribution >= 0.6 is 24.8 Å². The van der Waals surface area contributed by atoms with E-state index in [9.17, 15) is 4.79 Å². The second kappa shape index (κ2) is 12.8. The predicted molar refractivity (Wildman–Crippen MR) is 123 cm³/mol. The van der Waals surface area contributed by atoms with Gasteiger partial charge in [0.05, 0.1) is 0 Å². The van der Waals surface area contributed by atoms with Crippen molar-refractivity contribution in [3.63, 3.8) is 0 Å². The van der Waals surface area contributed by atoms with E-state index in [1.165, 1.54) is 0 Å². The van der Waals surface area contributed by atoms with Crippen molar-refractivity contribution < 1.29 is 4.79 Å². The van der Waals surface area contributed by atoms with E-state index in [0.717, 1.165) is 50.2 Å². The zero-order valence-corrected chi connectivity index (χ0v) is 18.6. The number of aromatic nitrogens is 1. The van der Waals surface area contributed by atoms with Gasteiger partial charge in [-0.3, -0.25) is 9.78 Å². The van der Waals surface area contributed by atoms with Gasteiger partial charge in [0.2, 0.25) is 5.91 Å². The highest BCUT2D eigenvalue weighted by molar-refractivity contribution is 5.85. The van der Waals surface area contributed by atoms with Gasteiger partial charge >= 0.3 is 0 Å². The largest absolute Gasteiger partial charge is 0.343 e. The summed E-state index contributed by atoms with van der Waals surface area (Å²) >= 11 is 0. The molecule has 3 rings (SSSR count). The fourth-order valence-electron chi connectivity index (χ4n) is 3.70. The molecular weight excluding hydrogens is 407 g/mol. The smallest absolute Gasteiger partial charge is 0.224 e. The summed E-state index contributed by atoms with van der Waals surface area (Å²) in [5.41, 5.74) is 8.38. The average Bonchev–Trinajstić information content (AvgIpc) is 2.73. The van der Waals surface area contributed by atoms with E-state index < -0.39 is 0 Å². The summed E-state index contributed by atoms with van der Waals surface area (Å²) in [4.78, 5) is 21.4. The van der Waals surface area contributed by atoms with Gasteiger partial charge in [-0.15, -0.1) is 24.8 Å². The molecule has 2 aromatic rings. The standard InChI is InChI=1S/C22H30N4O.2ClH/c1-25(22(27)17-21(23)18-7-3-2-4-8-18)20-11-15-26(16-12-20)14-10-19-9-5-6-13-24-19;;/h2-9,13,20-21H,10-12,14-17,23H2,1H3;2*1H. The van der Waals surface area contributed by atoms with Crippen LogP contribution in [0.15, 0.2) is 54.7 Å². The van der Waals surface area contributed by atoms with Crippen molar-refractivity contribution in [3.8, 4) is 0 Å². The van der Waals surface area contributed by atoms with Crippen LogP contribution in [0.3, 0.4) is 0 Å². The summed E-state index contributed by atoms with van der Waals surface area (Å²) in [6, 6.07) is 16.0. The van der Waals surface area contributed by atoms with Crippen LogP contribution < -0.4 is 5.73 Å². The minimum atomic E-state index is -0.236. The third kappa shape index (κ3) is 7.59. The Kier molecular flexibility index (Phi) is 11.2. The Hall–Kier alpha value is -1.66. The Morgan fingerprint density at radius 1 is 1.14 bits per heavy atom. The lowest BCUT2D eigenvalue weighted by atomic mass is 10.0. The van der Waals surface area contributed by atoms with Gasteiger partial charge in [0.25, 0.3) is 0 Å². The Labute approximate surface area is 186 Å². The van der Waals surface area contributed by atoms with E-state index in [4.69, 9.17) is 5.73 Å². The molecule has 160 valence electrons. The van der Waals surface area contributed by atoms with Crippen LogP contribution in [0.25, 0.3) is 0 Å². The van der Waals surface area contributed by atoms with Gasteiger partial charge in [-0.05, 0) is 30.5 Å². The number of rotatable bonds is 7. The summed E-state index contributed by atoms with van der Waals surface area (Å²) in [7, 11) is 1.92. The number of piperidine rings is 1. The Morgan fingerprint density at radius 3 is 2.41 bits per heavy atom. The first-order valence-corrected chi connectivity index (χ1v) is 9.82. The number of pyridine rings is 1. The number of halogens is 2. The molecule has 1 aromatic heterocycles. The maximum atomic E-state index is 12.6. The molecule has 1 aromatic carbocycles. The highest BCUT2D eigenvalue weighted by Gasteiger charge is 2.26. The summed E-state index contributed by atoms with van der Waals surface area (Å²) in [5, 5.41) is 0. The number of benzene rings is 1. The molecule has 2 N–H and O–H groups in total. The van der Waals surface area contributed by atoms with Crippen LogP contribution in [-0.2, 0) is 11.2 Å². The van der Waals surface area contributed by atoms with Crippen molar-refractivity contribution in [1.82, 2.24) is 14.8 Å². The fraction of sp³-hybridized carbons (Fsp3) is 0.455. The van der Waals surface area contributed by atoms with Crippen LogP contribution in [0.1, 0.15) is 36.6 Å². The number of nitrogens with zero attached hydrogens (tertiary/aromatic N) is 3. The van der Waals surface area contributed by atoms with E-state index in [2.05, 4.69) is 16.0 Å². The average molecular weight is 439 g/mol. The lowest BCUT2D eigenvalue weighted by Gasteiger charge is -2.37. The Bertz CT molecular complexity index is 709. The van der Waals surface area contributed by atoms with E-state index in [0.29, 0.717) is 12.5 Å².